The van der Waals surface area contributed by atoms with Gasteiger partial charge < -0.3 is 51.2 Å². The number of Topliss-reactive ketones (excluding diaryl/α,β-unsaturated/α-hetero) is 1. The summed E-state index contributed by atoms with van der Waals surface area (Å²) >= 11 is 0. The highest BCUT2D eigenvalue weighted by atomic mass is 28.4. The van der Waals surface area contributed by atoms with Gasteiger partial charge >= 0.3 is 11.9 Å². The van der Waals surface area contributed by atoms with Gasteiger partial charge in [-0.25, -0.2) is 0 Å². The zero-order valence-electron chi connectivity index (χ0n) is 64.9. The van der Waals surface area contributed by atoms with Crippen molar-refractivity contribution in [3.63, 3.8) is 0 Å². The molecule has 0 aromatic heterocycles. The van der Waals surface area contributed by atoms with Crippen molar-refractivity contribution in [3.8, 4) is 35.2 Å². The summed E-state index contributed by atoms with van der Waals surface area (Å²) in [6.07, 6.45) is 12.9. The van der Waals surface area contributed by atoms with E-state index in [-0.39, 0.29) is 105 Å². The zero-order valence-corrected chi connectivity index (χ0v) is 68.9. The first-order valence-electron chi connectivity index (χ1n) is 35.1. The molecular formula is C78H130O14Si4. The summed E-state index contributed by atoms with van der Waals surface area (Å²) in [6.45, 7) is 53.5. The fourth-order valence-corrected chi connectivity index (χ4v) is 16.7. The molecule has 96 heavy (non-hydrogen) atoms. The highest BCUT2D eigenvalue weighted by Gasteiger charge is 2.51. The number of para-hydroxylation sites is 2. The minimum atomic E-state index is -2.23. The van der Waals surface area contributed by atoms with E-state index in [1.54, 1.807) is 14.2 Å². The fraction of sp³-hybridized carbons (Fsp3) is 0.705. The predicted molar refractivity (Wildman–Crippen MR) is 402 cm³/mol. The summed E-state index contributed by atoms with van der Waals surface area (Å²) in [6, 6.07) is 12.1. The molecule has 18 heteroatoms. The number of hydrogen-bond donors (Lipinski definition) is 1. The van der Waals surface area contributed by atoms with E-state index in [1.807, 2.05) is 44.2 Å². The summed E-state index contributed by atoms with van der Waals surface area (Å²) < 4.78 is 61.2. The molecule has 2 aromatic carbocycles. The van der Waals surface area contributed by atoms with Gasteiger partial charge in [0, 0.05) is 75.2 Å². The lowest BCUT2D eigenvalue weighted by molar-refractivity contribution is -0.141. The average Bonchev–Trinajstić information content (AvgIpc) is 1.60. The molecule has 2 aliphatic rings. The normalized spacial score (nSPS) is 21.1. The number of methoxy groups -OCH3 is 4. The van der Waals surface area contributed by atoms with Crippen LogP contribution in [-0.2, 0) is 63.9 Å². The van der Waals surface area contributed by atoms with Crippen LogP contribution in [0.3, 0.4) is 0 Å². The van der Waals surface area contributed by atoms with Crippen LogP contribution in [0.2, 0.25) is 72.5 Å². The summed E-state index contributed by atoms with van der Waals surface area (Å²) in [5.41, 5.74) is 3.67. The van der Waals surface area contributed by atoms with Gasteiger partial charge in [0.2, 0.25) is 0 Å². The molecule has 0 bridgehead atoms. The number of carbonyl (C=O) groups excluding carboxylic acids is 3. The third-order valence-corrected chi connectivity index (χ3v) is 39.3. The van der Waals surface area contributed by atoms with Crippen LogP contribution < -0.4 is 9.47 Å². The second-order valence-electron chi connectivity index (χ2n) is 32.8. The molecule has 4 unspecified atom stereocenters. The number of aryl methyl sites for hydroxylation is 2. The van der Waals surface area contributed by atoms with Crippen molar-refractivity contribution in [2.24, 2.45) is 23.7 Å². The third-order valence-electron chi connectivity index (χ3n) is 21.3. The first-order chi connectivity index (χ1) is 44.4. The Hall–Kier alpha value is -4.16. The van der Waals surface area contributed by atoms with E-state index in [9.17, 15) is 19.5 Å². The Kier molecular flexibility index (Phi) is 33.6. The number of hydrogen-bond acceptors (Lipinski definition) is 14. The molecule has 0 aliphatic heterocycles. The van der Waals surface area contributed by atoms with Gasteiger partial charge in [-0.1, -0.05) is 158 Å². The highest BCUT2D eigenvalue weighted by Crippen LogP contribution is 2.51. The summed E-state index contributed by atoms with van der Waals surface area (Å²) in [5, 5.41) is 12.0. The number of carbonyl (C=O) groups is 3. The Morgan fingerprint density at radius 2 is 0.958 bits per heavy atom. The number of ketones is 1. The number of benzene rings is 2. The molecule has 2 fully saturated rings. The molecule has 0 amide bonds. The third kappa shape index (κ3) is 24.6. The Morgan fingerprint density at radius 3 is 1.34 bits per heavy atom. The lowest BCUT2D eigenvalue weighted by atomic mass is 9.84. The van der Waals surface area contributed by atoms with Crippen LogP contribution in [-0.4, -0.2) is 129 Å². The minimum absolute atomic E-state index is 0.0118. The second-order valence-corrected chi connectivity index (χ2v) is 51.8. The molecule has 2 saturated carbocycles. The van der Waals surface area contributed by atoms with Gasteiger partial charge in [-0.2, -0.15) is 0 Å². The van der Waals surface area contributed by atoms with Crippen LogP contribution in [0, 0.1) is 47.4 Å². The largest absolute Gasteiger partial charge is 0.469 e. The molecular weight excluding hydrogens is 1270 g/mol. The van der Waals surface area contributed by atoms with Gasteiger partial charge in [0.1, 0.15) is 17.3 Å². The first kappa shape index (κ1) is 86.1. The SMILES string of the molecule is CC#CCC(C)C(/C=C/[C@@H]1[C@@H](c2cccc(CCCC(=O)OC)c2OCOC)[C@@H](O)C[C@@H]1O[Si](C)(C)C(C)(C)C)O[Si](C)(C)C(C)(C)C.CC#CCC(C)C(/C=C/[C@H]1[C@@H](O[Si](C)(C)C(C)(C)C)CC(=O)[C@@H]1c1cccc(CCCC(=O)OC)c1OCOC)O[Si](C)(C)C(C)(C)C. The van der Waals surface area contributed by atoms with Crippen molar-refractivity contribution in [2.75, 3.05) is 42.0 Å². The van der Waals surface area contributed by atoms with E-state index >= 15 is 0 Å². The van der Waals surface area contributed by atoms with Gasteiger partial charge in [0.15, 0.2) is 46.9 Å². The van der Waals surface area contributed by atoms with Crippen molar-refractivity contribution in [2.45, 2.75) is 290 Å². The average molecular weight is 1400 g/mol. The Bertz CT molecular complexity index is 2970. The van der Waals surface area contributed by atoms with E-state index < -0.39 is 45.3 Å². The van der Waals surface area contributed by atoms with Crippen LogP contribution in [0.15, 0.2) is 60.7 Å². The van der Waals surface area contributed by atoms with Gasteiger partial charge in [-0.3, -0.25) is 14.4 Å². The summed E-state index contributed by atoms with van der Waals surface area (Å²) in [4.78, 5) is 37.9. The Balaban J connectivity index is 0.000000500. The van der Waals surface area contributed by atoms with Gasteiger partial charge in [-0.15, -0.1) is 23.7 Å². The maximum absolute atomic E-state index is 14.2. The standard InChI is InChI=1S/C39H66O7Si2.C39H64O7Si2/c2*1-15-16-19-28(2)33(45-47(11,12)38(3,4)5)25-24-30-34(46-48(13,14)39(6,7)8)26-32(40)36(30)31-22-17-20-29(37(31)44-27-42-9)21-18-23-35(41)43-10/h17,20,22,24-25,28,30,32-34,36,40H,18-19,21,23,26-27H2,1-14H3;17,20,22,24-25,28,30,33-34,36H,18-19,21,23,26-27H2,1-14H3/b2*25-24+/t28?,30-,32-,33?,34-,36-;28?,30-,33?,34-,36-/m00/s1. The van der Waals surface area contributed by atoms with Crippen molar-refractivity contribution >= 4 is 51.0 Å². The lowest BCUT2D eigenvalue weighted by Gasteiger charge is -2.41. The van der Waals surface area contributed by atoms with E-state index in [0.717, 1.165) is 35.1 Å². The Labute approximate surface area is 587 Å². The molecule has 1 N–H and O–H groups in total. The molecule has 4 rings (SSSR count). The smallest absolute Gasteiger partial charge is 0.305 e. The van der Waals surface area contributed by atoms with Crippen LogP contribution >= 0.6 is 0 Å². The van der Waals surface area contributed by atoms with Crippen LogP contribution in [0.5, 0.6) is 11.5 Å². The quantitative estimate of drug-likeness (QED) is 0.0242. The molecule has 0 spiro atoms. The zero-order chi connectivity index (χ0) is 73.0. The lowest BCUT2D eigenvalue weighted by Crippen LogP contribution is -2.45. The molecule has 11 atom stereocenters. The maximum Gasteiger partial charge on any atom is 0.305 e. The summed E-state index contributed by atoms with van der Waals surface area (Å²) in [7, 11) is -2.68. The number of rotatable bonds is 32. The molecule has 0 heterocycles. The molecule has 0 saturated heterocycles. The first-order valence-corrected chi connectivity index (χ1v) is 46.7. The Morgan fingerprint density at radius 1 is 0.573 bits per heavy atom. The van der Waals surface area contributed by atoms with Crippen LogP contribution in [0.25, 0.3) is 0 Å². The van der Waals surface area contributed by atoms with Crippen molar-refractivity contribution in [1.29, 1.82) is 0 Å². The number of aliphatic hydroxyl groups excluding tert-OH is 1. The number of aliphatic hydroxyl groups is 1. The fourth-order valence-electron chi connectivity index (χ4n) is 11.3. The van der Waals surface area contributed by atoms with Gasteiger partial charge in [-0.05, 0) is 141 Å². The second kappa shape index (κ2) is 37.5. The monoisotopic (exact) mass is 1400 g/mol. The van der Waals surface area contributed by atoms with Crippen LogP contribution in [0.4, 0.5) is 0 Å². The molecule has 0 radical (unpaired) electrons. The maximum atomic E-state index is 14.2. The highest BCUT2D eigenvalue weighted by molar-refractivity contribution is 6.75. The van der Waals surface area contributed by atoms with E-state index in [4.69, 9.17) is 46.1 Å². The van der Waals surface area contributed by atoms with E-state index in [1.165, 1.54) is 14.2 Å². The van der Waals surface area contributed by atoms with Crippen LogP contribution in [0.1, 0.15) is 196 Å². The van der Waals surface area contributed by atoms with Crippen molar-refractivity contribution in [1.82, 2.24) is 0 Å². The van der Waals surface area contributed by atoms with E-state index in [2.05, 4.69) is 203 Å². The molecule has 14 nitrogen and oxygen atoms in total. The molecule has 542 valence electrons. The topological polar surface area (TPSA) is 164 Å². The number of ether oxygens (including phenoxy) is 6. The van der Waals surface area contributed by atoms with Gasteiger partial charge in [0.25, 0.3) is 0 Å². The molecule has 2 aromatic rings. The number of esters is 2. The van der Waals surface area contributed by atoms with E-state index in [0.29, 0.717) is 62.9 Å². The molecule has 2 aliphatic carbocycles. The van der Waals surface area contributed by atoms with Gasteiger partial charge in [0.05, 0.1) is 50.7 Å². The van der Waals surface area contributed by atoms with Crippen molar-refractivity contribution < 1.29 is 65.6 Å². The van der Waals surface area contributed by atoms with Crippen molar-refractivity contribution in [3.05, 3.63) is 83.0 Å². The summed E-state index contributed by atoms with van der Waals surface area (Å²) in [5.74, 6) is 12.9. The predicted octanol–water partition coefficient (Wildman–Crippen LogP) is 18.2. The minimum Gasteiger partial charge on any atom is -0.469 e.